The van der Waals surface area contributed by atoms with E-state index in [9.17, 15) is 19.7 Å². The van der Waals surface area contributed by atoms with E-state index in [0.29, 0.717) is 22.1 Å². The fourth-order valence-electron chi connectivity index (χ4n) is 2.49. The van der Waals surface area contributed by atoms with Gasteiger partial charge in [-0.3, -0.25) is 19.7 Å². The number of carbonyl (C=O) groups excluding carboxylic acids is 2. The Morgan fingerprint density at radius 1 is 1.11 bits per heavy atom. The van der Waals surface area contributed by atoms with Crippen molar-refractivity contribution in [2.45, 2.75) is 25.8 Å². The average Bonchev–Trinajstić information content (AvgIpc) is 3.41. The van der Waals surface area contributed by atoms with E-state index < -0.39 is 10.8 Å². The predicted molar refractivity (Wildman–Crippen MR) is 103 cm³/mol. The zero-order valence-electron chi connectivity index (χ0n) is 14.4. The van der Waals surface area contributed by atoms with Crippen molar-refractivity contribution in [1.82, 2.24) is 0 Å². The number of benzene rings is 2. The second-order valence-electron chi connectivity index (χ2n) is 6.24. The first-order valence-electron chi connectivity index (χ1n) is 8.27. The molecule has 3 rings (SSSR count). The Labute approximate surface area is 160 Å². The van der Waals surface area contributed by atoms with Crippen LogP contribution in [-0.4, -0.2) is 22.8 Å². The molecule has 2 amide bonds. The largest absolute Gasteiger partial charge is 0.377 e. The molecule has 1 fully saturated rings. The summed E-state index contributed by atoms with van der Waals surface area (Å²) in [5.41, 5.74) is 1.16. The molecular formula is C18H17ClN4O4. The van der Waals surface area contributed by atoms with Crippen molar-refractivity contribution in [3.63, 3.8) is 0 Å². The van der Waals surface area contributed by atoms with Gasteiger partial charge in [-0.1, -0.05) is 11.6 Å². The van der Waals surface area contributed by atoms with Crippen LogP contribution in [0, 0.1) is 10.1 Å². The highest BCUT2D eigenvalue weighted by atomic mass is 35.5. The Kier molecular flexibility index (Phi) is 5.27. The number of hydrogen-bond acceptors (Lipinski definition) is 5. The minimum atomic E-state index is -0.515. The lowest BCUT2D eigenvalue weighted by Crippen LogP contribution is -2.14. The van der Waals surface area contributed by atoms with Crippen LogP contribution in [0.4, 0.5) is 22.7 Å². The molecule has 140 valence electrons. The molecule has 0 unspecified atom stereocenters. The van der Waals surface area contributed by atoms with E-state index in [1.54, 1.807) is 6.07 Å². The molecule has 2 aromatic rings. The van der Waals surface area contributed by atoms with Gasteiger partial charge in [0.15, 0.2) is 0 Å². The van der Waals surface area contributed by atoms with Crippen LogP contribution in [0.25, 0.3) is 0 Å². The number of nitrogens with one attached hydrogen (secondary N) is 3. The van der Waals surface area contributed by atoms with Gasteiger partial charge in [-0.05, 0) is 43.2 Å². The van der Waals surface area contributed by atoms with Gasteiger partial charge in [-0.25, -0.2) is 0 Å². The Bertz CT molecular complexity index is 928. The van der Waals surface area contributed by atoms with Crippen LogP contribution in [0.1, 0.15) is 30.1 Å². The molecule has 0 atom stereocenters. The number of nitro benzene ring substituents is 1. The molecule has 2 aromatic carbocycles. The van der Waals surface area contributed by atoms with Crippen LogP contribution in [0.2, 0.25) is 5.02 Å². The maximum absolute atomic E-state index is 12.5. The van der Waals surface area contributed by atoms with Crippen molar-refractivity contribution < 1.29 is 14.5 Å². The summed E-state index contributed by atoms with van der Waals surface area (Å²) in [6.07, 6.45) is 1.96. The van der Waals surface area contributed by atoms with Crippen LogP contribution in [0.5, 0.6) is 0 Å². The minimum Gasteiger partial charge on any atom is -0.377 e. The van der Waals surface area contributed by atoms with Crippen LogP contribution < -0.4 is 16.0 Å². The van der Waals surface area contributed by atoms with Gasteiger partial charge in [-0.15, -0.1) is 0 Å². The molecular weight excluding hydrogens is 372 g/mol. The molecule has 9 heteroatoms. The number of hydrogen-bond donors (Lipinski definition) is 3. The van der Waals surface area contributed by atoms with Crippen molar-refractivity contribution in [2.24, 2.45) is 0 Å². The van der Waals surface area contributed by atoms with E-state index in [1.165, 1.54) is 37.3 Å². The van der Waals surface area contributed by atoms with Gasteiger partial charge in [0.25, 0.3) is 11.6 Å². The minimum absolute atomic E-state index is 0.149. The third-order valence-electron chi connectivity index (χ3n) is 3.93. The molecule has 0 aromatic heterocycles. The van der Waals surface area contributed by atoms with Gasteiger partial charge in [-0.2, -0.15) is 0 Å². The monoisotopic (exact) mass is 388 g/mol. The van der Waals surface area contributed by atoms with Crippen LogP contribution in [0.3, 0.4) is 0 Å². The number of carbonyl (C=O) groups is 2. The number of nitrogens with zero attached hydrogens (tertiary/aromatic N) is 1. The first-order valence-corrected chi connectivity index (χ1v) is 8.65. The summed E-state index contributed by atoms with van der Waals surface area (Å²) in [4.78, 5) is 34.5. The Balaban J connectivity index is 1.80. The van der Waals surface area contributed by atoms with Crippen molar-refractivity contribution >= 4 is 46.2 Å². The SMILES string of the molecule is CC(=O)Nc1cc(NC(=O)c2ccc(NC3CC3)c([N+](=O)[O-])c2)ccc1Cl. The Morgan fingerprint density at radius 3 is 2.48 bits per heavy atom. The van der Waals surface area contributed by atoms with Crippen molar-refractivity contribution in [3.05, 3.63) is 57.1 Å². The summed E-state index contributed by atoms with van der Waals surface area (Å²) in [5, 5.41) is 19.9. The maximum Gasteiger partial charge on any atom is 0.293 e. The van der Waals surface area contributed by atoms with Crippen LogP contribution in [0.15, 0.2) is 36.4 Å². The zero-order valence-corrected chi connectivity index (χ0v) is 15.2. The summed E-state index contributed by atoms with van der Waals surface area (Å²) in [6, 6.07) is 9.18. The molecule has 0 bridgehead atoms. The summed E-state index contributed by atoms with van der Waals surface area (Å²) in [5.74, 6) is -0.804. The van der Waals surface area contributed by atoms with Gasteiger partial charge >= 0.3 is 0 Å². The molecule has 0 spiro atoms. The van der Waals surface area contributed by atoms with E-state index in [1.807, 2.05) is 0 Å². The van der Waals surface area contributed by atoms with E-state index in [2.05, 4.69) is 16.0 Å². The van der Waals surface area contributed by atoms with Crippen LogP contribution >= 0.6 is 11.6 Å². The highest BCUT2D eigenvalue weighted by Crippen LogP contribution is 2.32. The second kappa shape index (κ2) is 7.63. The lowest BCUT2D eigenvalue weighted by Gasteiger charge is -2.11. The Morgan fingerprint density at radius 2 is 1.85 bits per heavy atom. The molecule has 1 aliphatic carbocycles. The number of amides is 2. The second-order valence-corrected chi connectivity index (χ2v) is 6.64. The van der Waals surface area contributed by atoms with Gasteiger partial charge in [0.2, 0.25) is 5.91 Å². The van der Waals surface area contributed by atoms with E-state index >= 15 is 0 Å². The summed E-state index contributed by atoms with van der Waals surface area (Å²) < 4.78 is 0. The standard InChI is InChI=1S/C18H17ClN4O4/c1-10(24)20-16-9-13(5-6-14(16)19)22-18(25)11-2-7-15(21-12-3-4-12)17(8-11)23(26)27/h2,5-9,12,21H,3-4H2,1H3,(H,20,24)(H,22,25). The highest BCUT2D eigenvalue weighted by Gasteiger charge is 2.25. The third-order valence-corrected chi connectivity index (χ3v) is 4.26. The smallest absolute Gasteiger partial charge is 0.293 e. The summed E-state index contributed by atoms with van der Waals surface area (Å²) in [6.45, 7) is 1.35. The van der Waals surface area contributed by atoms with E-state index in [4.69, 9.17) is 11.6 Å². The molecule has 0 aliphatic heterocycles. The quantitative estimate of drug-likeness (QED) is 0.510. The fourth-order valence-corrected chi connectivity index (χ4v) is 2.65. The van der Waals surface area contributed by atoms with E-state index in [-0.39, 0.29) is 23.2 Å². The molecule has 27 heavy (non-hydrogen) atoms. The first-order chi connectivity index (χ1) is 12.8. The van der Waals surface area contributed by atoms with Gasteiger partial charge in [0, 0.05) is 30.3 Å². The summed E-state index contributed by atoms with van der Waals surface area (Å²) >= 11 is 6.00. The van der Waals surface area contributed by atoms with Crippen LogP contribution in [-0.2, 0) is 4.79 Å². The van der Waals surface area contributed by atoms with Gasteiger partial charge < -0.3 is 16.0 Å². The van der Waals surface area contributed by atoms with Crippen molar-refractivity contribution in [2.75, 3.05) is 16.0 Å². The molecule has 0 saturated heterocycles. The first kappa shape index (κ1) is 18.7. The summed E-state index contributed by atoms with van der Waals surface area (Å²) in [7, 11) is 0. The third kappa shape index (κ3) is 4.73. The molecule has 1 saturated carbocycles. The zero-order chi connectivity index (χ0) is 19.6. The lowest BCUT2D eigenvalue weighted by molar-refractivity contribution is -0.384. The highest BCUT2D eigenvalue weighted by molar-refractivity contribution is 6.33. The maximum atomic E-state index is 12.5. The predicted octanol–water partition coefficient (Wildman–Crippen LogP) is 4.03. The molecule has 8 nitrogen and oxygen atoms in total. The van der Waals surface area contributed by atoms with Gasteiger partial charge in [0.05, 0.1) is 15.6 Å². The molecule has 3 N–H and O–H groups in total. The lowest BCUT2D eigenvalue weighted by atomic mass is 10.1. The average molecular weight is 389 g/mol. The topological polar surface area (TPSA) is 113 Å². The molecule has 0 heterocycles. The normalized spacial score (nSPS) is 13.0. The molecule has 1 aliphatic rings. The number of anilines is 3. The van der Waals surface area contributed by atoms with E-state index in [0.717, 1.165) is 12.8 Å². The Hall–Kier alpha value is -3.13. The number of nitro groups is 1. The fraction of sp³-hybridized carbons (Fsp3) is 0.222. The molecule has 0 radical (unpaired) electrons. The van der Waals surface area contributed by atoms with Crippen molar-refractivity contribution in [3.8, 4) is 0 Å². The van der Waals surface area contributed by atoms with Gasteiger partial charge in [0.1, 0.15) is 5.69 Å². The van der Waals surface area contributed by atoms with Crippen molar-refractivity contribution in [1.29, 1.82) is 0 Å². The number of halogens is 1. The number of rotatable bonds is 6.